The van der Waals surface area contributed by atoms with Gasteiger partial charge in [0, 0.05) is 16.6 Å². The minimum absolute atomic E-state index is 0.257. The molecule has 0 bridgehead atoms. The number of para-hydroxylation sites is 1. The van der Waals surface area contributed by atoms with Crippen molar-refractivity contribution < 1.29 is 4.79 Å². The van der Waals surface area contributed by atoms with Crippen LogP contribution in [0.3, 0.4) is 0 Å². The van der Waals surface area contributed by atoms with Gasteiger partial charge in [0.2, 0.25) is 0 Å². The number of alkyl halides is 1. The lowest BCUT2D eigenvalue weighted by Gasteiger charge is -1.94. The molecular weight excluding hydrogens is 200 g/mol. The van der Waals surface area contributed by atoms with Gasteiger partial charge in [-0.05, 0) is 6.07 Å². The molecule has 0 saturated carbocycles. The van der Waals surface area contributed by atoms with Crippen molar-refractivity contribution in [2.75, 3.05) is 0 Å². The van der Waals surface area contributed by atoms with Gasteiger partial charge in [-0.1, -0.05) is 18.2 Å². The van der Waals surface area contributed by atoms with Gasteiger partial charge in [0.25, 0.3) is 5.91 Å². The summed E-state index contributed by atoms with van der Waals surface area (Å²) in [5.74, 6) is -0.189. The van der Waals surface area contributed by atoms with Crippen LogP contribution in [-0.4, -0.2) is 10.9 Å². The Labute approximate surface area is 85.9 Å². The van der Waals surface area contributed by atoms with Gasteiger partial charge in [0.15, 0.2) is 0 Å². The second kappa shape index (κ2) is 3.35. The zero-order valence-corrected chi connectivity index (χ0v) is 8.14. The van der Waals surface area contributed by atoms with Crippen molar-refractivity contribution in [1.82, 2.24) is 4.98 Å². The van der Waals surface area contributed by atoms with Crippen LogP contribution >= 0.6 is 11.6 Å². The van der Waals surface area contributed by atoms with Gasteiger partial charge in [0.05, 0.1) is 11.4 Å². The van der Waals surface area contributed by atoms with Gasteiger partial charge in [-0.25, -0.2) is 0 Å². The maximum atomic E-state index is 11.2. The summed E-state index contributed by atoms with van der Waals surface area (Å²) < 4.78 is 0. The molecule has 0 unspecified atom stereocenters. The lowest BCUT2D eigenvalue weighted by molar-refractivity contribution is 0.100. The number of fused-ring (bicyclic) bond motifs is 1. The SMILES string of the molecule is NC(=O)c1c(CCl)[nH]c2ccccc12. The Morgan fingerprint density at radius 2 is 2.14 bits per heavy atom. The first kappa shape index (κ1) is 9.09. The quantitative estimate of drug-likeness (QED) is 0.729. The van der Waals surface area contributed by atoms with E-state index < -0.39 is 5.91 Å². The van der Waals surface area contributed by atoms with Gasteiger partial charge in [-0.15, -0.1) is 11.6 Å². The molecule has 0 aliphatic rings. The van der Waals surface area contributed by atoms with Crippen LogP contribution in [0.2, 0.25) is 0 Å². The molecule has 14 heavy (non-hydrogen) atoms. The highest BCUT2D eigenvalue weighted by Gasteiger charge is 2.14. The maximum Gasteiger partial charge on any atom is 0.251 e. The molecule has 3 nitrogen and oxygen atoms in total. The van der Waals surface area contributed by atoms with Crippen LogP contribution in [0.15, 0.2) is 24.3 Å². The number of carbonyl (C=O) groups excluding carboxylic acids is 1. The molecule has 4 heteroatoms. The van der Waals surface area contributed by atoms with Crippen LogP contribution < -0.4 is 5.73 Å². The minimum atomic E-state index is -0.446. The minimum Gasteiger partial charge on any atom is -0.366 e. The molecule has 0 fully saturated rings. The van der Waals surface area contributed by atoms with Gasteiger partial charge in [0.1, 0.15) is 0 Å². The number of carbonyl (C=O) groups is 1. The highest BCUT2D eigenvalue weighted by molar-refractivity contribution is 6.18. The molecule has 2 aromatic rings. The lowest BCUT2D eigenvalue weighted by atomic mass is 10.1. The van der Waals surface area contributed by atoms with Crippen LogP contribution in [0.1, 0.15) is 16.1 Å². The van der Waals surface area contributed by atoms with E-state index in [0.717, 1.165) is 10.9 Å². The van der Waals surface area contributed by atoms with Crippen molar-refractivity contribution in [2.24, 2.45) is 5.73 Å². The van der Waals surface area contributed by atoms with E-state index in [-0.39, 0.29) is 5.88 Å². The van der Waals surface area contributed by atoms with Crippen LogP contribution in [-0.2, 0) is 5.88 Å². The number of amides is 1. The fraction of sp³-hybridized carbons (Fsp3) is 0.100. The first-order valence-corrected chi connectivity index (χ1v) is 4.73. The fourth-order valence-corrected chi connectivity index (χ4v) is 1.78. The molecule has 3 N–H and O–H groups in total. The number of nitrogens with one attached hydrogen (secondary N) is 1. The molecule has 0 atom stereocenters. The molecule has 1 heterocycles. The predicted octanol–water partition coefficient (Wildman–Crippen LogP) is 2.01. The molecular formula is C10H9ClN2O. The third-order valence-electron chi connectivity index (χ3n) is 2.16. The van der Waals surface area contributed by atoms with E-state index in [9.17, 15) is 4.79 Å². The van der Waals surface area contributed by atoms with Crippen LogP contribution in [0.5, 0.6) is 0 Å². The summed E-state index contributed by atoms with van der Waals surface area (Å²) in [6.45, 7) is 0. The number of H-pyrrole nitrogens is 1. The van der Waals surface area contributed by atoms with E-state index in [1.807, 2.05) is 24.3 Å². The number of benzene rings is 1. The summed E-state index contributed by atoms with van der Waals surface area (Å²) in [6.07, 6.45) is 0. The summed E-state index contributed by atoms with van der Waals surface area (Å²) in [6, 6.07) is 7.49. The molecule has 0 saturated heterocycles. The Hall–Kier alpha value is -1.48. The Kier molecular flexibility index (Phi) is 2.17. The van der Waals surface area contributed by atoms with E-state index >= 15 is 0 Å². The van der Waals surface area contributed by atoms with Crippen molar-refractivity contribution in [1.29, 1.82) is 0 Å². The van der Waals surface area contributed by atoms with Gasteiger partial charge < -0.3 is 10.7 Å². The molecule has 72 valence electrons. The van der Waals surface area contributed by atoms with Crippen LogP contribution in [0.4, 0.5) is 0 Å². The number of aromatic amines is 1. The van der Waals surface area contributed by atoms with Crippen molar-refractivity contribution in [3.63, 3.8) is 0 Å². The van der Waals surface area contributed by atoms with Crippen LogP contribution in [0, 0.1) is 0 Å². The van der Waals surface area contributed by atoms with E-state index in [4.69, 9.17) is 17.3 Å². The second-order valence-corrected chi connectivity index (χ2v) is 3.29. The molecule has 0 radical (unpaired) electrons. The van der Waals surface area contributed by atoms with Crippen LogP contribution in [0.25, 0.3) is 10.9 Å². The first-order chi connectivity index (χ1) is 6.74. The lowest BCUT2D eigenvalue weighted by Crippen LogP contribution is -2.12. The number of aromatic nitrogens is 1. The van der Waals surface area contributed by atoms with E-state index in [1.54, 1.807) is 0 Å². The van der Waals surface area contributed by atoms with Crippen molar-refractivity contribution in [3.05, 3.63) is 35.5 Å². The van der Waals surface area contributed by atoms with E-state index in [2.05, 4.69) is 4.98 Å². The fourth-order valence-electron chi connectivity index (χ4n) is 1.58. The number of rotatable bonds is 2. The van der Waals surface area contributed by atoms with E-state index in [0.29, 0.717) is 11.3 Å². The zero-order valence-electron chi connectivity index (χ0n) is 7.38. The smallest absolute Gasteiger partial charge is 0.251 e. The largest absolute Gasteiger partial charge is 0.366 e. The summed E-state index contributed by atoms with van der Waals surface area (Å²) in [7, 11) is 0. The van der Waals surface area contributed by atoms with Gasteiger partial charge in [-0.2, -0.15) is 0 Å². The summed E-state index contributed by atoms with van der Waals surface area (Å²) in [5.41, 5.74) is 7.35. The number of primary amides is 1. The molecule has 1 aromatic heterocycles. The third kappa shape index (κ3) is 1.26. The van der Waals surface area contributed by atoms with Gasteiger partial charge in [-0.3, -0.25) is 4.79 Å². The normalized spacial score (nSPS) is 10.6. The second-order valence-electron chi connectivity index (χ2n) is 3.02. The van der Waals surface area contributed by atoms with Crippen molar-refractivity contribution >= 4 is 28.4 Å². The predicted molar refractivity (Wildman–Crippen MR) is 56.4 cm³/mol. The number of hydrogen-bond acceptors (Lipinski definition) is 1. The summed E-state index contributed by atoms with van der Waals surface area (Å²) in [4.78, 5) is 14.3. The first-order valence-electron chi connectivity index (χ1n) is 4.19. The Balaban J connectivity index is 2.81. The molecule has 0 aliphatic carbocycles. The number of nitrogens with two attached hydrogens (primary N) is 1. The van der Waals surface area contributed by atoms with E-state index in [1.165, 1.54) is 0 Å². The molecule has 2 rings (SSSR count). The average molecular weight is 209 g/mol. The number of halogens is 1. The van der Waals surface area contributed by atoms with Gasteiger partial charge >= 0.3 is 0 Å². The third-order valence-corrected chi connectivity index (χ3v) is 2.43. The highest BCUT2D eigenvalue weighted by Crippen LogP contribution is 2.22. The summed E-state index contributed by atoms with van der Waals surface area (Å²) in [5, 5.41) is 0.829. The molecule has 0 spiro atoms. The Morgan fingerprint density at radius 1 is 1.43 bits per heavy atom. The monoisotopic (exact) mass is 208 g/mol. The maximum absolute atomic E-state index is 11.2. The summed E-state index contributed by atoms with van der Waals surface area (Å²) >= 11 is 5.71. The number of hydrogen-bond donors (Lipinski definition) is 2. The standard InChI is InChI=1S/C10H9ClN2O/c11-5-8-9(10(12)14)6-3-1-2-4-7(6)13-8/h1-4,13H,5H2,(H2,12,14). The Morgan fingerprint density at radius 3 is 2.79 bits per heavy atom. The highest BCUT2D eigenvalue weighted by atomic mass is 35.5. The topological polar surface area (TPSA) is 58.9 Å². The Bertz CT molecular complexity index is 490. The zero-order chi connectivity index (χ0) is 10.1. The van der Waals surface area contributed by atoms with Crippen molar-refractivity contribution in [2.45, 2.75) is 5.88 Å². The van der Waals surface area contributed by atoms with Crippen molar-refractivity contribution in [3.8, 4) is 0 Å². The average Bonchev–Trinajstić information content (AvgIpc) is 2.55. The molecule has 0 aliphatic heterocycles. The molecule has 1 amide bonds. The molecule has 1 aromatic carbocycles.